The largest absolute Gasteiger partial charge is 0.466 e. The second kappa shape index (κ2) is 8.10. The lowest BCUT2D eigenvalue weighted by Crippen LogP contribution is -2.12. The number of hydrogen-bond acceptors (Lipinski definition) is 3. The van der Waals surface area contributed by atoms with Crippen molar-refractivity contribution in [3.63, 3.8) is 0 Å². The van der Waals surface area contributed by atoms with Gasteiger partial charge in [0, 0.05) is 27.7 Å². The summed E-state index contributed by atoms with van der Waals surface area (Å²) in [6.45, 7) is 0. The Balaban J connectivity index is 2.21. The van der Waals surface area contributed by atoms with E-state index in [1.807, 2.05) is 0 Å². The average molecular weight is 392 g/mol. The van der Waals surface area contributed by atoms with Crippen LogP contribution in [0.3, 0.4) is 0 Å². The van der Waals surface area contributed by atoms with Gasteiger partial charge in [0.05, 0.1) is 7.11 Å². The van der Waals surface area contributed by atoms with Crippen LogP contribution in [-0.2, 0) is 9.53 Å². The number of carbonyl (C=O) groups excluding carboxylic acids is 1. The van der Waals surface area contributed by atoms with E-state index in [-0.39, 0.29) is 5.56 Å². The third kappa shape index (κ3) is 4.93. The monoisotopic (exact) mass is 391 g/mol. The Bertz CT molecular complexity index is 783. The molecule has 2 rings (SSSR count). The molecule has 2 radical (unpaired) electrons. The fourth-order valence-corrected chi connectivity index (χ4v) is 2.37. The molecule has 3 nitrogen and oxygen atoms in total. The van der Waals surface area contributed by atoms with Gasteiger partial charge < -0.3 is 10.1 Å². The first kappa shape index (κ1) is 18.2. The Morgan fingerprint density at radius 2 is 2.04 bits per heavy atom. The molecule has 24 heavy (non-hydrogen) atoms. The molecule has 0 aliphatic rings. The Labute approximate surface area is 148 Å². The Morgan fingerprint density at radius 3 is 2.71 bits per heavy atom. The zero-order valence-electron chi connectivity index (χ0n) is 12.7. The molecule has 0 saturated carbocycles. The Kier molecular flexibility index (Phi) is 6.14. The fraction of sp³-hybridized carbons (Fsp3) is 0.118. The summed E-state index contributed by atoms with van der Waals surface area (Å²) in [6.07, 6.45) is 2.58. The first-order valence-corrected chi connectivity index (χ1v) is 7.72. The number of rotatable bonds is 5. The molecule has 1 atom stereocenters. The molecule has 1 unspecified atom stereocenters. The van der Waals surface area contributed by atoms with Crippen molar-refractivity contribution in [1.82, 2.24) is 0 Å². The zero-order chi connectivity index (χ0) is 17.7. The van der Waals surface area contributed by atoms with Crippen LogP contribution >= 0.6 is 15.9 Å². The van der Waals surface area contributed by atoms with Crippen LogP contribution in [0.4, 0.5) is 14.5 Å². The normalized spacial score (nSPS) is 12.2. The zero-order valence-corrected chi connectivity index (χ0v) is 14.3. The second-order valence-corrected chi connectivity index (χ2v) is 5.83. The molecule has 122 valence electrons. The number of methoxy groups -OCH3 is 1. The summed E-state index contributed by atoms with van der Waals surface area (Å²) in [5, 5.41) is 2.83. The molecule has 0 saturated heterocycles. The topological polar surface area (TPSA) is 38.3 Å². The van der Waals surface area contributed by atoms with Gasteiger partial charge in [0.2, 0.25) is 0 Å². The minimum absolute atomic E-state index is 0.245. The third-order valence-corrected chi connectivity index (χ3v) is 3.65. The molecule has 0 heterocycles. The van der Waals surface area contributed by atoms with Crippen LogP contribution in [0.15, 0.2) is 46.9 Å². The van der Waals surface area contributed by atoms with Gasteiger partial charge in [-0.25, -0.2) is 13.6 Å². The highest BCUT2D eigenvalue weighted by atomic mass is 79.9. The van der Waals surface area contributed by atoms with Crippen LogP contribution in [0, 0.1) is 11.6 Å². The summed E-state index contributed by atoms with van der Waals surface area (Å²) < 4.78 is 32.7. The van der Waals surface area contributed by atoms with Gasteiger partial charge in [-0.05, 0) is 42.0 Å². The van der Waals surface area contributed by atoms with Crippen molar-refractivity contribution in [2.24, 2.45) is 0 Å². The summed E-state index contributed by atoms with van der Waals surface area (Å²) in [6, 6.07) is 8.55. The average Bonchev–Trinajstić information content (AvgIpc) is 2.51. The van der Waals surface area contributed by atoms with E-state index in [4.69, 9.17) is 7.85 Å². The molecule has 0 aromatic heterocycles. The van der Waals surface area contributed by atoms with Crippen molar-refractivity contribution in [3.8, 4) is 0 Å². The van der Waals surface area contributed by atoms with Gasteiger partial charge in [-0.2, -0.15) is 0 Å². The summed E-state index contributed by atoms with van der Waals surface area (Å²) >= 11 is 3.17. The van der Waals surface area contributed by atoms with Crippen molar-refractivity contribution in [3.05, 3.63) is 69.7 Å². The predicted octanol–water partition coefficient (Wildman–Crippen LogP) is 4.19. The van der Waals surface area contributed by atoms with Crippen LogP contribution in [0.2, 0.25) is 0 Å². The maximum atomic E-state index is 13.9. The maximum Gasteiger partial charge on any atom is 0.330 e. The van der Waals surface area contributed by atoms with E-state index in [1.54, 1.807) is 12.1 Å². The molecule has 7 heteroatoms. The molecule has 0 aliphatic heterocycles. The lowest BCUT2D eigenvalue weighted by Gasteiger charge is -2.17. The van der Waals surface area contributed by atoms with Gasteiger partial charge in [0.25, 0.3) is 0 Å². The van der Waals surface area contributed by atoms with Gasteiger partial charge >= 0.3 is 5.97 Å². The minimum Gasteiger partial charge on any atom is -0.466 e. The van der Waals surface area contributed by atoms with E-state index >= 15 is 0 Å². The van der Waals surface area contributed by atoms with Gasteiger partial charge in [-0.15, -0.1) is 0 Å². The third-order valence-electron chi connectivity index (χ3n) is 3.15. The number of anilines is 1. The number of carbonyl (C=O) groups is 1. The van der Waals surface area contributed by atoms with Crippen LogP contribution < -0.4 is 5.32 Å². The van der Waals surface area contributed by atoms with Crippen LogP contribution in [-0.4, -0.2) is 20.9 Å². The van der Waals surface area contributed by atoms with E-state index in [1.165, 1.54) is 43.5 Å². The SMILES string of the molecule is [B]C(Nc1cc(F)cc(/C=C/C(=O)OC)c1)c1ccc(Br)cc1F. The molecular weight excluding hydrogens is 379 g/mol. The second-order valence-electron chi connectivity index (χ2n) is 4.92. The highest BCUT2D eigenvalue weighted by Gasteiger charge is 2.11. The number of hydrogen-bond donors (Lipinski definition) is 1. The van der Waals surface area contributed by atoms with Crippen molar-refractivity contribution in [2.75, 3.05) is 12.4 Å². The predicted molar refractivity (Wildman–Crippen MR) is 93.7 cm³/mol. The fourth-order valence-electron chi connectivity index (χ4n) is 2.04. The molecule has 1 N–H and O–H groups in total. The highest BCUT2D eigenvalue weighted by molar-refractivity contribution is 9.10. The molecule has 0 aliphatic carbocycles. The van der Waals surface area contributed by atoms with Crippen molar-refractivity contribution >= 4 is 41.5 Å². The molecule has 0 spiro atoms. The van der Waals surface area contributed by atoms with Gasteiger partial charge in [0.15, 0.2) is 0 Å². The molecule has 0 amide bonds. The Morgan fingerprint density at radius 1 is 1.29 bits per heavy atom. The number of halogens is 3. The summed E-state index contributed by atoms with van der Waals surface area (Å²) in [5.74, 6) is -2.42. The summed E-state index contributed by atoms with van der Waals surface area (Å²) in [5.41, 5.74) is 1.04. The van der Waals surface area contributed by atoms with Crippen LogP contribution in [0.5, 0.6) is 0 Å². The van der Waals surface area contributed by atoms with E-state index in [2.05, 4.69) is 26.0 Å². The molecule has 2 aromatic carbocycles. The minimum atomic E-state index is -0.864. The lowest BCUT2D eigenvalue weighted by atomic mass is 9.88. The van der Waals surface area contributed by atoms with Crippen molar-refractivity contribution in [2.45, 2.75) is 5.94 Å². The molecule has 0 fully saturated rings. The van der Waals surface area contributed by atoms with Gasteiger partial charge in [0.1, 0.15) is 19.5 Å². The standard InChI is InChI=1S/C17H13BBrF2NO2/c1-24-16(23)5-2-10-6-12(20)9-13(7-10)22-17(18)14-4-3-11(19)8-15(14)21/h2-9,17,22H,1H3/b5-2+. The van der Waals surface area contributed by atoms with Gasteiger partial charge in [-0.3, -0.25) is 0 Å². The lowest BCUT2D eigenvalue weighted by molar-refractivity contribution is -0.134. The quantitative estimate of drug-likeness (QED) is 0.471. The smallest absolute Gasteiger partial charge is 0.330 e. The number of esters is 1. The van der Waals surface area contributed by atoms with E-state index in [0.717, 1.165) is 0 Å². The summed E-state index contributed by atoms with van der Waals surface area (Å²) in [7, 11) is 7.19. The molecule has 0 bridgehead atoms. The maximum absolute atomic E-state index is 13.9. The first-order chi connectivity index (χ1) is 11.4. The van der Waals surface area contributed by atoms with E-state index in [0.29, 0.717) is 15.7 Å². The summed E-state index contributed by atoms with van der Waals surface area (Å²) in [4.78, 5) is 11.1. The van der Waals surface area contributed by atoms with Crippen LogP contribution in [0.25, 0.3) is 6.08 Å². The number of ether oxygens (including phenoxy) is 1. The first-order valence-electron chi connectivity index (χ1n) is 6.92. The Hall–Kier alpha value is -2.15. The number of nitrogens with one attached hydrogen (secondary N) is 1. The van der Waals surface area contributed by atoms with Crippen molar-refractivity contribution in [1.29, 1.82) is 0 Å². The highest BCUT2D eigenvalue weighted by Crippen LogP contribution is 2.24. The van der Waals surface area contributed by atoms with Crippen LogP contribution in [0.1, 0.15) is 17.1 Å². The van der Waals surface area contributed by atoms with Crippen molar-refractivity contribution < 1.29 is 18.3 Å². The van der Waals surface area contributed by atoms with E-state index in [9.17, 15) is 13.6 Å². The number of benzene rings is 2. The van der Waals surface area contributed by atoms with E-state index < -0.39 is 23.5 Å². The van der Waals surface area contributed by atoms with Gasteiger partial charge in [-0.1, -0.05) is 22.0 Å². The molecular formula is C17H13BBrF2NO2. The molecule has 2 aromatic rings.